The van der Waals surface area contributed by atoms with Gasteiger partial charge in [0.05, 0.1) is 30.8 Å². The minimum atomic E-state index is -4.13. The highest BCUT2D eigenvalue weighted by Gasteiger charge is 2.39. The summed E-state index contributed by atoms with van der Waals surface area (Å²) in [4.78, 5) is 13.6. The van der Waals surface area contributed by atoms with Crippen molar-refractivity contribution < 1.29 is 27.4 Å². The smallest absolute Gasteiger partial charge is 0.264 e. The first-order valence-corrected chi connectivity index (χ1v) is 14.1. The number of carbonyl (C=O) groups is 1. The Kier molecular flexibility index (Phi) is 8.16. The molecule has 8 nitrogen and oxygen atoms in total. The lowest BCUT2D eigenvalue weighted by molar-refractivity contribution is -0.121. The third-order valence-electron chi connectivity index (χ3n) is 7.11. The average molecular weight is 539 g/mol. The van der Waals surface area contributed by atoms with Gasteiger partial charge in [-0.3, -0.25) is 9.10 Å². The highest BCUT2D eigenvalue weighted by molar-refractivity contribution is 7.92. The zero-order valence-corrected chi connectivity index (χ0v) is 23.0. The van der Waals surface area contributed by atoms with Crippen molar-refractivity contribution in [1.82, 2.24) is 5.32 Å². The number of anilines is 1. The highest BCUT2D eigenvalue weighted by atomic mass is 32.2. The second-order valence-electron chi connectivity index (χ2n) is 9.21. The molecule has 38 heavy (non-hydrogen) atoms. The number of para-hydroxylation sites is 3. The van der Waals surface area contributed by atoms with E-state index < -0.39 is 28.1 Å². The molecular formula is C29H34N2O6S. The molecule has 0 unspecified atom stereocenters. The van der Waals surface area contributed by atoms with Crippen LogP contribution in [0.25, 0.3) is 0 Å². The number of ether oxygens (including phenoxy) is 3. The molecule has 0 radical (unpaired) electrons. The summed E-state index contributed by atoms with van der Waals surface area (Å²) in [5, 5.41) is 3.09. The van der Waals surface area contributed by atoms with E-state index in [1.54, 1.807) is 36.4 Å². The molecule has 3 aromatic carbocycles. The molecule has 9 heteroatoms. The summed E-state index contributed by atoms with van der Waals surface area (Å²) in [6, 6.07) is 20.1. The Morgan fingerprint density at radius 3 is 2.29 bits per heavy atom. The van der Waals surface area contributed by atoms with Crippen molar-refractivity contribution in [3.05, 3.63) is 78.4 Å². The zero-order valence-electron chi connectivity index (χ0n) is 22.1. The molecular weight excluding hydrogens is 504 g/mol. The van der Waals surface area contributed by atoms with Crippen LogP contribution in [0.5, 0.6) is 17.2 Å². The standard InChI is InChI=1S/C29H34N2O6S/c1-5-29(6-2)19-24(23-11-7-9-13-26(23)37-29)30-28(32)20-31(25-12-8-10-14-27(25)36-4)38(33,34)22-17-15-21(35-3)16-18-22/h7-18,24H,5-6,19-20H2,1-4H3,(H,30,32)/t24-/m1/s1. The third-order valence-corrected chi connectivity index (χ3v) is 8.88. The van der Waals surface area contributed by atoms with Gasteiger partial charge >= 0.3 is 0 Å². The average Bonchev–Trinajstić information content (AvgIpc) is 2.95. The van der Waals surface area contributed by atoms with Gasteiger partial charge < -0.3 is 19.5 Å². The molecule has 1 aliphatic rings. The summed E-state index contributed by atoms with van der Waals surface area (Å²) in [7, 11) is -1.16. The SMILES string of the molecule is CCC1(CC)C[C@@H](NC(=O)CN(c2ccccc2OC)S(=O)(=O)c2ccc(OC)cc2)c2ccccc2O1. The van der Waals surface area contributed by atoms with Gasteiger partial charge in [-0.1, -0.05) is 44.2 Å². The van der Waals surface area contributed by atoms with E-state index in [0.29, 0.717) is 17.9 Å². The van der Waals surface area contributed by atoms with Crippen molar-refractivity contribution in [3.8, 4) is 17.2 Å². The number of carbonyl (C=O) groups excluding carboxylic acids is 1. The summed E-state index contributed by atoms with van der Waals surface area (Å²) in [6.45, 7) is 3.71. The minimum absolute atomic E-state index is 0.0319. The summed E-state index contributed by atoms with van der Waals surface area (Å²) in [6.07, 6.45) is 2.15. The highest BCUT2D eigenvalue weighted by Crippen LogP contribution is 2.42. The Hall–Kier alpha value is -3.72. The van der Waals surface area contributed by atoms with Crippen molar-refractivity contribution >= 4 is 21.6 Å². The van der Waals surface area contributed by atoms with E-state index >= 15 is 0 Å². The van der Waals surface area contributed by atoms with Gasteiger partial charge in [-0.2, -0.15) is 0 Å². The van der Waals surface area contributed by atoms with Crippen LogP contribution in [-0.4, -0.2) is 40.7 Å². The largest absolute Gasteiger partial charge is 0.497 e. The minimum Gasteiger partial charge on any atom is -0.497 e. The summed E-state index contributed by atoms with van der Waals surface area (Å²) in [5.74, 6) is 1.17. The van der Waals surface area contributed by atoms with Crippen molar-refractivity contribution in [1.29, 1.82) is 0 Å². The lowest BCUT2D eigenvalue weighted by Gasteiger charge is -2.41. The van der Waals surface area contributed by atoms with Crippen LogP contribution < -0.4 is 23.8 Å². The Labute approximate surface area is 224 Å². The number of hydrogen-bond acceptors (Lipinski definition) is 6. The van der Waals surface area contributed by atoms with Crippen molar-refractivity contribution in [3.63, 3.8) is 0 Å². The first-order valence-electron chi connectivity index (χ1n) is 12.6. The molecule has 0 aliphatic carbocycles. The van der Waals surface area contributed by atoms with E-state index in [2.05, 4.69) is 19.2 Å². The lowest BCUT2D eigenvalue weighted by Crippen LogP contribution is -2.47. The number of benzene rings is 3. The fraction of sp³-hybridized carbons (Fsp3) is 0.345. The number of nitrogens with one attached hydrogen (secondary N) is 1. The number of methoxy groups -OCH3 is 2. The zero-order chi connectivity index (χ0) is 27.3. The molecule has 1 amide bonds. The van der Waals surface area contributed by atoms with Gasteiger partial charge in [0, 0.05) is 12.0 Å². The maximum atomic E-state index is 13.9. The Bertz CT molecular complexity index is 1370. The number of amides is 1. The molecule has 0 saturated heterocycles. The van der Waals surface area contributed by atoms with Crippen molar-refractivity contribution in [2.24, 2.45) is 0 Å². The lowest BCUT2D eigenvalue weighted by atomic mass is 9.83. The van der Waals surface area contributed by atoms with Crippen LogP contribution in [0, 0.1) is 0 Å². The molecule has 0 saturated carbocycles. The first-order chi connectivity index (χ1) is 18.3. The normalized spacial score (nSPS) is 16.1. The molecule has 3 aromatic rings. The van der Waals surface area contributed by atoms with Crippen LogP contribution in [0.1, 0.15) is 44.7 Å². The Morgan fingerprint density at radius 2 is 1.63 bits per heavy atom. The van der Waals surface area contributed by atoms with E-state index in [-0.39, 0.29) is 16.6 Å². The molecule has 1 aliphatic heterocycles. The molecule has 0 bridgehead atoms. The predicted molar refractivity (Wildman–Crippen MR) is 146 cm³/mol. The van der Waals surface area contributed by atoms with E-state index in [1.165, 1.54) is 26.4 Å². The number of fused-ring (bicyclic) bond motifs is 1. The quantitative estimate of drug-likeness (QED) is 0.386. The molecule has 202 valence electrons. The first kappa shape index (κ1) is 27.3. The fourth-order valence-corrected chi connectivity index (χ4v) is 6.24. The summed E-state index contributed by atoms with van der Waals surface area (Å²) in [5.41, 5.74) is 0.731. The molecule has 0 spiro atoms. The maximum Gasteiger partial charge on any atom is 0.264 e. The maximum absolute atomic E-state index is 13.9. The fourth-order valence-electron chi connectivity index (χ4n) is 4.81. The van der Waals surface area contributed by atoms with Gasteiger partial charge in [-0.25, -0.2) is 8.42 Å². The van der Waals surface area contributed by atoms with E-state index in [0.717, 1.165) is 28.5 Å². The van der Waals surface area contributed by atoms with Gasteiger partial charge in [0.25, 0.3) is 10.0 Å². The van der Waals surface area contributed by atoms with Crippen LogP contribution >= 0.6 is 0 Å². The second kappa shape index (κ2) is 11.3. The van der Waals surface area contributed by atoms with Crippen LogP contribution in [0.4, 0.5) is 5.69 Å². The number of nitrogens with zero attached hydrogens (tertiary/aromatic N) is 1. The van der Waals surface area contributed by atoms with Gasteiger partial charge in [-0.05, 0) is 55.3 Å². The topological polar surface area (TPSA) is 94.2 Å². The van der Waals surface area contributed by atoms with Crippen LogP contribution in [0.2, 0.25) is 0 Å². The van der Waals surface area contributed by atoms with Crippen LogP contribution in [0.3, 0.4) is 0 Å². The van der Waals surface area contributed by atoms with Gasteiger partial charge in [0.15, 0.2) is 0 Å². The predicted octanol–water partition coefficient (Wildman–Crippen LogP) is 5.10. The van der Waals surface area contributed by atoms with Gasteiger partial charge in [0.1, 0.15) is 29.4 Å². The molecule has 4 rings (SSSR count). The number of hydrogen-bond donors (Lipinski definition) is 1. The second-order valence-corrected chi connectivity index (χ2v) is 11.1. The van der Waals surface area contributed by atoms with Crippen LogP contribution in [-0.2, 0) is 14.8 Å². The Morgan fingerprint density at radius 1 is 0.974 bits per heavy atom. The summed E-state index contributed by atoms with van der Waals surface area (Å²) >= 11 is 0. The van der Waals surface area contributed by atoms with Gasteiger partial charge in [0.2, 0.25) is 5.91 Å². The molecule has 0 aromatic heterocycles. The van der Waals surface area contributed by atoms with Crippen LogP contribution in [0.15, 0.2) is 77.7 Å². The third kappa shape index (κ3) is 5.43. The van der Waals surface area contributed by atoms with E-state index in [9.17, 15) is 13.2 Å². The molecule has 1 atom stereocenters. The molecule has 1 N–H and O–H groups in total. The summed E-state index contributed by atoms with van der Waals surface area (Å²) < 4.78 is 45.8. The molecule has 0 fully saturated rings. The van der Waals surface area contributed by atoms with Gasteiger partial charge in [-0.15, -0.1) is 0 Å². The monoisotopic (exact) mass is 538 g/mol. The number of rotatable bonds is 10. The van der Waals surface area contributed by atoms with Crippen molar-refractivity contribution in [2.45, 2.75) is 49.6 Å². The van der Waals surface area contributed by atoms with E-state index in [4.69, 9.17) is 14.2 Å². The molecule has 1 heterocycles. The van der Waals surface area contributed by atoms with E-state index in [1.807, 2.05) is 24.3 Å². The Balaban J connectivity index is 1.68. The number of sulfonamides is 1. The van der Waals surface area contributed by atoms with Crippen molar-refractivity contribution in [2.75, 3.05) is 25.1 Å².